The van der Waals surface area contributed by atoms with Crippen molar-refractivity contribution in [3.05, 3.63) is 201 Å². The molecule has 11 rings (SSSR count). The van der Waals surface area contributed by atoms with Gasteiger partial charge in [-0.1, -0.05) is 109 Å². The highest BCUT2D eigenvalue weighted by atomic mass is 19.5. The minimum Gasteiger partial charge on any atom is -0.582 e. The topological polar surface area (TPSA) is 66.6 Å². The molecule has 6 nitrogen and oxygen atoms in total. The van der Waals surface area contributed by atoms with Crippen LogP contribution in [0.4, 0.5) is 30.2 Å². The van der Waals surface area contributed by atoms with Gasteiger partial charge in [0, 0.05) is 28.7 Å². The van der Waals surface area contributed by atoms with E-state index >= 15 is 0 Å². The zero-order chi connectivity index (χ0) is 53.7. The van der Waals surface area contributed by atoms with E-state index in [0.717, 1.165) is 109 Å². The van der Waals surface area contributed by atoms with Crippen molar-refractivity contribution in [2.75, 3.05) is 27.4 Å². The summed E-state index contributed by atoms with van der Waals surface area (Å²) in [7, 11) is -7.46. The van der Waals surface area contributed by atoms with Gasteiger partial charge in [0.05, 0.1) is 49.7 Å². The Hall–Kier alpha value is -7.25. The first-order chi connectivity index (χ1) is 36.0. The number of Topliss-reactive ketones (excluding diaryl/α,β-unsaturated/α-hetero) is 2. The molecule has 0 aliphatic heterocycles. The van der Waals surface area contributed by atoms with Crippen LogP contribution in [0, 0.1) is 0 Å². The molecular formula is C60H59B2F7O6. The number of halogens is 7. The van der Waals surface area contributed by atoms with Crippen LogP contribution in [0.5, 0.6) is 11.5 Å². The Balaban J connectivity index is 0.000000156. The molecule has 0 bridgehead atoms. The molecule has 75 heavy (non-hydrogen) atoms. The second-order valence-corrected chi connectivity index (χ2v) is 18.1. The molecule has 15 heteroatoms. The predicted molar refractivity (Wildman–Crippen MR) is 286 cm³/mol. The number of aryl methyl sites for hydroxylation is 4. The molecule has 7 aromatic rings. The number of rotatable bonds is 7. The highest BCUT2D eigenvalue weighted by molar-refractivity contribution is 6.52. The molecule has 0 radical (unpaired) electrons. The van der Waals surface area contributed by atoms with Crippen molar-refractivity contribution in [1.29, 1.82) is 0 Å². The van der Waals surface area contributed by atoms with Crippen molar-refractivity contribution in [3.8, 4) is 45.3 Å². The zero-order valence-corrected chi connectivity index (χ0v) is 42.5. The molecule has 0 amide bonds. The molecule has 4 aliphatic carbocycles. The minimum atomic E-state index is -6.00. The van der Waals surface area contributed by atoms with Crippen LogP contribution in [0.2, 0.25) is 0 Å². The van der Waals surface area contributed by atoms with Crippen LogP contribution in [0.3, 0.4) is 0 Å². The summed E-state index contributed by atoms with van der Waals surface area (Å²) >= 11 is 0. The molecule has 0 N–H and O–H groups in total. The SMILES string of the molecule is CC[O+](CC)[B-](F)(F)F.COc1ccc(-c2c3c([o+]c4c2CCc2ccccc2-4)-c2ccccc2CC3)cc1.COc1ccc(/C=C2\CCc3ccccc3C2=O)cc1.F[B-](F)(F)F.O=C1CCCc2ccccc21. The fourth-order valence-electron chi connectivity index (χ4n) is 9.81. The smallest absolute Gasteiger partial charge is 0.582 e. The normalized spacial score (nSPS) is 14.4. The summed E-state index contributed by atoms with van der Waals surface area (Å²) in [4.78, 5) is 23.7. The van der Waals surface area contributed by atoms with Crippen molar-refractivity contribution in [3.63, 3.8) is 0 Å². The lowest BCUT2D eigenvalue weighted by molar-refractivity contribution is -0.0520. The van der Waals surface area contributed by atoms with Gasteiger partial charge in [0.15, 0.2) is 11.6 Å². The number of hydrogen-bond donors (Lipinski definition) is 0. The van der Waals surface area contributed by atoms with E-state index in [1.807, 2.05) is 78.9 Å². The van der Waals surface area contributed by atoms with Gasteiger partial charge < -0.3 is 44.0 Å². The number of benzene rings is 6. The van der Waals surface area contributed by atoms with E-state index in [-0.39, 0.29) is 19.0 Å². The number of methoxy groups -OCH3 is 2. The van der Waals surface area contributed by atoms with Crippen molar-refractivity contribution in [2.45, 2.75) is 71.6 Å². The lowest BCUT2D eigenvalue weighted by Gasteiger charge is -2.27. The van der Waals surface area contributed by atoms with Gasteiger partial charge in [0.2, 0.25) is 0 Å². The standard InChI is InChI=1S/C28H23O2.C18H16O2.C10H10O.C4H10BF3O.BF4/c1-29-21-14-10-20(11-15-21)26-24-16-12-18-6-2-4-8-22(18)27(24)30-28-23-9-5-3-7-19(23)13-17-25(26)28;1-20-16-10-6-13(7-11-16)12-15-9-8-14-4-2-3-5-17(14)18(15)19;11-10-7-3-5-8-4-1-2-6-9(8)10;1-3-9(4-2)5(6,7)8;2-1(3,4)5/h2-11,14-15H,12-13,16-17H2,1H3;2-7,10-12H,8-9H2,1H3;1-2,4,6H,3,5,7H2;3-4H2,1-2H3;/q+1;;;;-1/b;15-12+;;;. The van der Waals surface area contributed by atoms with E-state index < -0.39 is 14.4 Å². The quantitative estimate of drug-likeness (QED) is 0.0689. The van der Waals surface area contributed by atoms with Gasteiger partial charge >= 0.3 is 26.0 Å². The Morgan fingerprint density at radius 2 is 0.920 bits per heavy atom. The maximum absolute atomic E-state index is 12.5. The molecule has 0 fully saturated rings. The highest BCUT2D eigenvalue weighted by Crippen LogP contribution is 2.47. The summed E-state index contributed by atoms with van der Waals surface area (Å²) in [6, 6.07) is 49.4. The molecule has 0 saturated heterocycles. The maximum atomic E-state index is 12.5. The van der Waals surface area contributed by atoms with Crippen molar-refractivity contribution >= 4 is 32.1 Å². The Morgan fingerprint density at radius 1 is 0.507 bits per heavy atom. The Morgan fingerprint density at radius 3 is 1.36 bits per heavy atom. The van der Waals surface area contributed by atoms with Crippen LogP contribution in [-0.4, -0.2) is 53.4 Å². The van der Waals surface area contributed by atoms with E-state index in [0.29, 0.717) is 5.78 Å². The Bertz CT molecular complexity index is 3030. The van der Waals surface area contributed by atoms with E-state index in [2.05, 4.69) is 72.8 Å². The van der Waals surface area contributed by atoms with Crippen molar-refractivity contribution < 1.29 is 58.0 Å². The monoisotopic (exact) mass is 1030 g/mol. The molecule has 0 unspecified atom stereocenters. The number of hydrogen-bond acceptors (Lipinski definition) is 4. The summed E-state index contributed by atoms with van der Waals surface area (Å²) in [5, 5.41) is 0. The molecule has 6 aromatic carbocycles. The van der Waals surface area contributed by atoms with Gasteiger partial charge in [-0.05, 0) is 141 Å². The fraction of sp³-hybridized carbons (Fsp3) is 0.250. The third-order valence-electron chi connectivity index (χ3n) is 13.5. The first-order valence-electron chi connectivity index (χ1n) is 25.2. The van der Waals surface area contributed by atoms with E-state index in [1.54, 1.807) is 14.2 Å². The summed E-state index contributed by atoms with van der Waals surface area (Å²) < 4.78 is 92.6. The predicted octanol–water partition coefficient (Wildman–Crippen LogP) is 16.1. The average molecular weight is 1030 g/mol. The molecule has 4 aliphatic rings. The second-order valence-electron chi connectivity index (χ2n) is 18.1. The fourth-order valence-corrected chi connectivity index (χ4v) is 9.81. The third kappa shape index (κ3) is 14.3. The van der Waals surface area contributed by atoms with Gasteiger partial charge in [0.1, 0.15) is 11.5 Å². The van der Waals surface area contributed by atoms with Crippen LogP contribution in [0.1, 0.15) is 92.8 Å². The van der Waals surface area contributed by atoms with Crippen molar-refractivity contribution in [2.24, 2.45) is 0 Å². The number of fused-ring (bicyclic) bond motifs is 8. The lowest BCUT2D eigenvalue weighted by atomic mass is 9.79. The Labute approximate surface area is 434 Å². The van der Waals surface area contributed by atoms with E-state index in [4.69, 9.17) is 13.9 Å². The summed E-state index contributed by atoms with van der Waals surface area (Å²) in [6.45, 7) is 2.87. The van der Waals surface area contributed by atoms with Gasteiger partial charge in [-0.15, -0.1) is 0 Å². The molecule has 0 atom stereocenters. The number of allylic oxidation sites excluding steroid dienone is 1. The number of carbonyl (C=O) groups is 2. The van der Waals surface area contributed by atoms with Crippen LogP contribution in [0.25, 0.3) is 39.9 Å². The highest BCUT2D eigenvalue weighted by Gasteiger charge is 2.43. The van der Waals surface area contributed by atoms with Gasteiger partial charge in [-0.3, -0.25) is 9.59 Å². The largest absolute Gasteiger partial charge is 0.843 e. The lowest BCUT2D eigenvalue weighted by Crippen LogP contribution is -2.35. The van der Waals surface area contributed by atoms with Gasteiger partial charge in [-0.25, -0.2) is 4.42 Å². The molecule has 1 heterocycles. The minimum absolute atomic E-state index is 0.0278. The molecule has 1 aromatic heterocycles. The van der Waals surface area contributed by atoms with Crippen LogP contribution in [0.15, 0.2) is 156 Å². The summed E-state index contributed by atoms with van der Waals surface area (Å²) in [5.74, 6) is 4.26. The third-order valence-corrected chi connectivity index (χ3v) is 13.5. The van der Waals surface area contributed by atoms with Crippen LogP contribution in [-0.2, 0) is 42.8 Å². The molecule has 0 saturated carbocycles. The Kier molecular flexibility index (Phi) is 18.7. The van der Waals surface area contributed by atoms with Crippen molar-refractivity contribution in [1.82, 2.24) is 0 Å². The molecule has 0 spiro atoms. The molecular weight excluding hydrogens is 971 g/mol. The second kappa shape index (κ2) is 25.3. The van der Waals surface area contributed by atoms with Gasteiger partial charge in [0.25, 0.3) is 0 Å². The maximum Gasteiger partial charge on any atom is 0.843 e. The first-order valence-corrected chi connectivity index (χ1v) is 25.2. The zero-order valence-electron chi connectivity index (χ0n) is 42.5. The number of carbonyl (C=O) groups excluding carboxylic acids is 2. The van der Waals surface area contributed by atoms with Crippen LogP contribution >= 0.6 is 0 Å². The number of ether oxygens (including phenoxy) is 2. The first kappa shape index (κ1) is 55.5. The summed E-state index contributed by atoms with van der Waals surface area (Å²) in [5.41, 5.74) is 16.6. The summed E-state index contributed by atoms with van der Waals surface area (Å²) in [6.07, 6.45) is 10.7. The van der Waals surface area contributed by atoms with Gasteiger partial charge in [-0.2, -0.15) is 0 Å². The average Bonchev–Trinajstić information content (AvgIpc) is 3.42. The van der Waals surface area contributed by atoms with Crippen LogP contribution < -0.4 is 9.47 Å². The van der Waals surface area contributed by atoms with E-state index in [1.165, 1.54) is 68.2 Å². The molecule has 390 valence electrons. The van der Waals surface area contributed by atoms with E-state index in [9.17, 15) is 39.8 Å². The number of ketones is 2.